The molecule has 28 heavy (non-hydrogen) atoms. The SMILES string of the molecule is CC(C)(C)NC(=O)N1CCn2c(c(C(N)=O)c(-c3ccccc3)c2C2CC2)C1. The van der Waals surface area contributed by atoms with Crippen LogP contribution in [0.25, 0.3) is 11.1 Å². The zero-order valence-electron chi connectivity index (χ0n) is 16.8. The largest absolute Gasteiger partial charge is 0.366 e. The van der Waals surface area contributed by atoms with Crippen LogP contribution in [-0.2, 0) is 13.1 Å². The summed E-state index contributed by atoms with van der Waals surface area (Å²) in [6.45, 7) is 7.59. The maximum Gasteiger partial charge on any atom is 0.318 e. The van der Waals surface area contributed by atoms with E-state index in [0.29, 0.717) is 31.1 Å². The Morgan fingerprint density at radius 2 is 1.79 bits per heavy atom. The molecular formula is C22H28N4O2. The maximum atomic E-state index is 12.7. The Kier molecular flexibility index (Phi) is 4.44. The molecule has 1 aliphatic carbocycles. The van der Waals surface area contributed by atoms with E-state index < -0.39 is 5.91 Å². The zero-order chi connectivity index (χ0) is 20.1. The Labute approximate surface area is 165 Å². The third-order valence-corrected chi connectivity index (χ3v) is 5.39. The summed E-state index contributed by atoms with van der Waals surface area (Å²) >= 11 is 0. The van der Waals surface area contributed by atoms with E-state index in [4.69, 9.17) is 5.73 Å². The molecule has 3 N–H and O–H groups in total. The fourth-order valence-electron chi connectivity index (χ4n) is 4.10. The van der Waals surface area contributed by atoms with Gasteiger partial charge in [0.2, 0.25) is 0 Å². The van der Waals surface area contributed by atoms with Crippen molar-refractivity contribution in [2.75, 3.05) is 6.54 Å². The zero-order valence-corrected chi connectivity index (χ0v) is 16.8. The van der Waals surface area contributed by atoms with Crippen LogP contribution in [0.3, 0.4) is 0 Å². The van der Waals surface area contributed by atoms with Gasteiger partial charge in [0, 0.05) is 29.9 Å². The van der Waals surface area contributed by atoms with Crippen molar-refractivity contribution in [3.05, 3.63) is 47.3 Å². The summed E-state index contributed by atoms with van der Waals surface area (Å²) in [4.78, 5) is 27.0. The molecule has 0 spiro atoms. The fourth-order valence-corrected chi connectivity index (χ4v) is 4.10. The van der Waals surface area contributed by atoms with Crippen molar-refractivity contribution in [3.8, 4) is 11.1 Å². The van der Waals surface area contributed by atoms with Gasteiger partial charge < -0.3 is 20.5 Å². The predicted octanol–water partition coefficient (Wildman–Crippen LogP) is 3.46. The van der Waals surface area contributed by atoms with E-state index in [1.807, 2.05) is 51.1 Å². The minimum absolute atomic E-state index is 0.107. The molecule has 1 aromatic heterocycles. The Hall–Kier alpha value is -2.76. The van der Waals surface area contributed by atoms with Gasteiger partial charge in [-0.2, -0.15) is 0 Å². The highest BCUT2D eigenvalue weighted by Crippen LogP contribution is 2.48. The molecule has 0 atom stereocenters. The van der Waals surface area contributed by atoms with E-state index in [-0.39, 0.29) is 11.6 Å². The van der Waals surface area contributed by atoms with Gasteiger partial charge in [-0.3, -0.25) is 4.79 Å². The molecule has 2 heterocycles. The quantitative estimate of drug-likeness (QED) is 0.855. The number of nitrogens with two attached hydrogens (primary N) is 1. The lowest BCUT2D eigenvalue weighted by molar-refractivity contribution is 0.0997. The normalized spacial score (nSPS) is 16.6. The maximum absolute atomic E-state index is 12.7. The van der Waals surface area contributed by atoms with Crippen LogP contribution in [0.4, 0.5) is 4.79 Å². The molecule has 2 aromatic rings. The minimum atomic E-state index is -0.424. The molecule has 1 aliphatic heterocycles. The van der Waals surface area contributed by atoms with Crippen molar-refractivity contribution in [1.29, 1.82) is 0 Å². The van der Waals surface area contributed by atoms with Crippen molar-refractivity contribution in [2.45, 2.75) is 58.2 Å². The lowest BCUT2D eigenvalue weighted by atomic mass is 9.98. The number of fused-ring (bicyclic) bond motifs is 1. The number of nitrogens with zero attached hydrogens (tertiary/aromatic N) is 2. The van der Waals surface area contributed by atoms with Crippen molar-refractivity contribution < 1.29 is 9.59 Å². The average molecular weight is 380 g/mol. The summed E-state index contributed by atoms with van der Waals surface area (Å²) < 4.78 is 2.25. The molecule has 0 radical (unpaired) electrons. The summed E-state index contributed by atoms with van der Waals surface area (Å²) in [5, 5.41) is 3.02. The number of rotatable bonds is 3. The molecule has 0 saturated heterocycles. The second kappa shape index (κ2) is 6.69. The van der Waals surface area contributed by atoms with Gasteiger partial charge in [-0.25, -0.2) is 4.79 Å². The Morgan fingerprint density at radius 3 is 2.36 bits per heavy atom. The number of primary amides is 1. The van der Waals surface area contributed by atoms with E-state index in [1.165, 1.54) is 5.69 Å². The molecule has 4 rings (SSSR count). The van der Waals surface area contributed by atoms with Crippen LogP contribution >= 0.6 is 0 Å². The Balaban J connectivity index is 1.80. The summed E-state index contributed by atoms with van der Waals surface area (Å²) in [7, 11) is 0. The number of urea groups is 1. The number of nitrogens with one attached hydrogen (secondary N) is 1. The fraction of sp³-hybridized carbons (Fsp3) is 0.455. The lowest BCUT2D eigenvalue weighted by Gasteiger charge is -2.33. The van der Waals surface area contributed by atoms with E-state index in [2.05, 4.69) is 9.88 Å². The molecule has 3 amide bonds. The van der Waals surface area contributed by atoms with E-state index in [9.17, 15) is 9.59 Å². The van der Waals surface area contributed by atoms with E-state index in [0.717, 1.165) is 29.7 Å². The predicted molar refractivity (Wildman–Crippen MR) is 109 cm³/mol. The molecule has 0 unspecified atom stereocenters. The summed E-state index contributed by atoms with van der Waals surface area (Å²) in [5.41, 5.74) is 10.2. The van der Waals surface area contributed by atoms with Gasteiger partial charge in [0.05, 0.1) is 17.8 Å². The molecule has 6 nitrogen and oxygen atoms in total. The van der Waals surface area contributed by atoms with Gasteiger partial charge in [-0.15, -0.1) is 0 Å². The molecule has 2 aliphatic rings. The third-order valence-electron chi connectivity index (χ3n) is 5.39. The molecular weight excluding hydrogens is 352 g/mol. The van der Waals surface area contributed by atoms with Gasteiger partial charge >= 0.3 is 6.03 Å². The topological polar surface area (TPSA) is 80.4 Å². The molecule has 0 bridgehead atoms. The smallest absolute Gasteiger partial charge is 0.318 e. The average Bonchev–Trinajstić information content (AvgIpc) is 3.40. The highest BCUT2D eigenvalue weighted by atomic mass is 16.2. The summed E-state index contributed by atoms with van der Waals surface area (Å²) in [5.74, 6) is 0.0459. The minimum Gasteiger partial charge on any atom is -0.366 e. The lowest BCUT2D eigenvalue weighted by Crippen LogP contribution is -2.50. The second-order valence-electron chi connectivity index (χ2n) is 8.84. The van der Waals surface area contributed by atoms with Crippen LogP contribution in [0.5, 0.6) is 0 Å². The molecule has 148 valence electrons. The first-order valence-corrected chi connectivity index (χ1v) is 9.94. The van der Waals surface area contributed by atoms with Crippen molar-refractivity contribution in [1.82, 2.24) is 14.8 Å². The van der Waals surface area contributed by atoms with Crippen LogP contribution in [0, 0.1) is 0 Å². The van der Waals surface area contributed by atoms with E-state index in [1.54, 1.807) is 4.90 Å². The van der Waals surface area contributed by atoms with Gasteiger partial charge in [0.15, 0.2) is 0 Å². The standard InChI is InChI=1S/C22H28N4O2/c1-22(2,3)24-21(28)25-11-12-26-16(13-25)18(20(23)27)17(19(26)15-9-10-15)14-7-5-4-6-8-14/h4-8,15H,9-13H2,1-3H3,(H2,23,27)(H,24,28). The monoisotopic (exact) mass is 380 g/mol. The van der Waals surface area contributed by atoms with Crippen LogP contribution in [0.1, 0.15) is 61.3 Å². The molecule has 1 fully saturated rings. The van der Waals surface area contributed by atoms with Crippen molar-refractivity contribution in [2.24, 2.45) is 5.73 Å². The Bertz CT molecular complexity index is 920. The highest BCUT2D eigenvalue weighted by Gasteiger charge is 2.38. The number of amides is 3. The van der Waals surface area contributed by atoms with Crippen LogP contribution in [0.15, 0.2) is 30.3 Å². The van der Waals surface area contributed by atoms with Gasteiger partial charge in [0.25, 0.3) is 5.91 Å². The first kappa shape index (κ1) is 18.6. The van der Waals surface area contributed by atoms with Gasteiger partial charge in [0.1, 0.15) is 0 Å². The number of hydrogen-bond acceptors (Lipinski definition) is 2. The van der Waals surface area contributed by atoms with E-state index >= 15 is 0 Å². The number of benzene rings is 1. The van der Waals surface area contributed by atoms with Crippen LogP contribution in [0.2, 0.25) is 0 Å². The number of carbonyl (C=O) groups is 2. The number of aromatic nitrogens is 1. The first-order chi connectivity index (χ1) is 13.3. The molecule has 6 heteroatoms. The third kappa shape index (κ3) is 3.39. The van der Waals surface area contributed by atoms with Crippen LogP contribution in [-0.4, -0.2) is 33.5 Å². The first-order valence-electron chi connectivity index (χ1n) is 9.94. The summed E-state index contributed by atoms with van der Waals surface area (Å²) in [6.07, 6.45) is 2.27. The second-order valence-corrected chi connectivity index (χ2v) is 8.84. The summed E-state index contributed by atoms with van der Waals surface area (Å²) in [6, 6.07) is 9.89. The van der Waals surface area contributed by atoms with Crippen molar-refractivity contribution >= 4 is 11.9 Å². The highest BCUT2D eigenvalue weighted by molar-refractivity contribution is 6.02. The molecule has 1 aromatic carbocycles. The molecule has 1 saturated carbocycles. The van der Waals surface area contributed by atoms with Gasteiger partial charge in [-0.05, 0) is 45.1 Å². The van der Waals surface area contributed by atoms with Gasteiger partial charge in [-0.1, -0.05) is 30.3 Å². The Morgan fingerprint density at radius 1 is 1.11 bits per heavy atom. The van der Waals surface area contributed by atoms with Crippen LogP contribution < -0.4 is 11.1 Å². The van der Waals surface area contributed by atoms with Crippen molar-refractivity contribution in [3.63, 3.8) is 0 Å². The number of carbonyl (C=O) groups excluding carboxylic acids is 2. The number of hydrogen-bond donors (Lipinski definition) is 2.